The molecule has 0 aliphatic heterocycles. The molecule has 0 aliphatic rings. The number of pyridine rings is 1. The molecule has 0 atom stereocenters. The van der Waals surface area contributed by atoms with E-state index in [-0.39, 0.29) is 0 Å². The monoisotopic (exact) mass is 248 g/mol. The largest absolute Gasteiger partial charge is 0.220 e. The summed E-state index contributed by atoms with van der Waals surface area (Å²) in [5.41, 5.74) is 5.23. The van der Waals surface area contributed by atoms with Crippen molar-refractivity contribution in [1.29, 1.82) is 0 Å². The van der Waals surface area contributed by atoms with Crippen molar-refractivity contribution in [1.82, 2.24) is 0 Å². The Morgan fingerprint density at radius 3 is 2.11 bits per heavy atom. The fourth-order valence-electron chi connectivity index (χ4n) is 2.82. The van der Waals surface area contributed by atoms with Crippen molar-refractivity contribution in [3.63, 3.8) is 0 Å². The van der Waals surface area contributed by atoms with Crippen LogP contribution >= 0.6 is 0 Å². The van der Waals surface area contributed by atoms with Gasteiger partial charge >= 0.3 is 0 Å². The summed E-state index contributed by atoms with van der Waals surface area (Å²) >= 11 is 0. The van der Waals surface area contributed by atoms with Crippen molar-refractivity contribution in [2.24, 2.45) is 7.05 Å². The van der Waals surface area contributed by atoms with Crippen LogP contribution in [-0.2, 0) is 7.05 Å². The molecular weight excluding hydrogens is 230 g/mol. The van der Waals surface area contributed by atoms with Gasteiger partial charge in [-0.15, -0.1) is 0 Å². The Balaban J connectivity index is 2.45. The maximum absolute atomic E-state index is 2.24. The van der Waals surface area contributed by atoms with Crippen LogP contribution in [0.4, 0.5) is 0 Å². The van der Waals surface area contributed by atoms with Crippen LogP contribution in [0.5, 0.6) is 0 Å². The Bertz CT molecular complexity index is 757. The smallest absolute Gasteiger partial charge is 0.200 e. The van der Waals surface area contributed by atoms with Crippen LogP contribution in [0.15, 0.2) is 54.7 Å². The predicted octanol–water partition coefficient (Wildman–Crippen LogP) is 3.95. The minimum absolute atomic E-state index is 1.29. The number of aryl methyl sites for hydroxylation is 3. The van der Waals surface area contributed by atoms with Crippen LogP contribution in [0.3, 0.4) is 0 Å². The molecule has 0 saturated heterocycles. The van der Waals surface area contributed by atoms with Crippen LogP contribution in [0, 0.1) is 13.8 Å². The van der Waals surface area contributed by atoms with E-state index in [9.17, 15) is 0 Å². The average molecular weight is 248 g/mol. The molecule has 0 spiro atoms. The van der Waals surface area contributed by atoms with Crippen molar-refractivity contribution in [3.05, 3.63) is 65.9 Å². The molecule has 3 aromatic rings. The van der Waals surface area contributed by atoms with Crippen molar-refractivity contribution < 1.29 is 4.57 Å². The summed E-state index contributed by atoms with van der Waals surface area (Å²) < 4.78 is 2.24. The molecule has 0 fully saturated rings. The van der Waals surface area contributed by atoms with Gasteiger partial charge in [0.2, 0.25) is 5.69 Å². The van der Waals surface area contributed by atoms with Gasteiger partial charge in [0, 0.05) is 11.1 Å². The standard InChI is InChI=1S/C18H18N/c1-13-8-4-5-10-16(13)18-17-11-7-6-9-15(17)14(2)12-19(18)3/h4-12H,1-3H3/q+1. The maximum Gasteiger partial charge on any atom is 0.220 e. The molecular formula is C18H18N+. The van der Waals surface area contributed by atoms with Gasteiger partial charge in [-0.25, -0.2) is 4.57 Å². The Kier molecular flexibility index (Phi) is 2.83. The average Bonchev–Trinajstić information content (AvgIpc) is 2.41. The van der Waals surface area contributed by atoms with Crippen LogP contribution < -0.4 is 4.57 Å². The van der Waals surface area contributed by atoms with Crippen LogP contribution in [-0.4, -0.2) is 0 Å². The van der Waals surface area contributed by atoms with Crippen molar-refractivity contribution >= 4 is 10.8 Å². The quantitative estimate of drug-likeness (QED) is 0.574. The Morgan fingerprint density at radius 1 is 0.737 bits per heavy atom. The topological polar surface area (TPSA) is 3.88 Å². The van der Waals surface area contributed by atoms with Gasteiger partial charge in [-0.1, -0.05) is 36.4 Å². The Labute approximate surface area is 114 Å². The third-order valence-electron chi connectivity index (χ3n) is 3.75. The summed E-state index contributed by atoms with van der Waals surface area (Å²) in [5, 5.41) is 2.65. The zero-order valence-electron chi connectivity index (χ0n) is 11.6. The summed E-state index contributed by atoms with van der Waals surface area (Å²) in [6.45, 7) is 4.34. The first-order chi connectivity index (χ1) is 9.18. The number of rotatable bonds is 1. The molecule has 19 heavy (non-hydrogen) atoms. The molecule has 0 aliphatic carbocycles. The molecule has 0 amide bonds. The van der Waals surface area contributed by atoms with E-state index in [1.54, 1.807) is 0 Å². The zero-order valence-corrected chi connectivity index (χ0v) is 11.6. The molecule has 0 N–H and O–H groups in total. The molecule has 1 heterocycles. The van der Waals surface area contributed by atoms with Gasteiger partial charge in [0.05, 0.1) is 5.39 Å². The molecule has 1 nitrogen and oxygen atoms in total. The number of nitrogens with zero attached hydrogens (tertiary/aromatic N) is 1. The van der Waals surface area contributed by atoms with Crippen LogP contribution in [0.25, 0.3) is 22.0 Å². The lowest BCUT2D eigenvalue weighted by atomic mass is 9.98. The normalized spacial score (nSPS) is 10.9. The molecule has 0 bridgehead atoms. The summed E-state index contributed by atoms with van der Waals surface area (Å²) in [4.78, 5) is 0. The highest BCUT2D eigenvalue weighted by molar-refractivity contribution is 5.95. The minimum atomic E-state index is 1.29. The van der Waals surface area contributed by atoms with Crippen LogP contribution in [0.2, 0.25) is 0 Å². The number of benzene rings is 2. The van der Waals surface area contributed by atoms with Gasteiger partial charge in [0.15, 0.2) is 6.20 Å². The molecule has 3 rings (SSSR count). The van der Waals surface area contributed by atoms with Crippen LogP contribution in [0.1, 0.15) is 11.1 Å². The van der Waals surface area contributed by atoms with E-state index in [0.717, 1.165) is 0 Å². The summed E-state index contributed by atoms with van der Waals surface area (Å²) in [7, 11) is 2.13. The predicted molar refractivity (Wildman–Crippen MR) is 80.0 cm³/mol. The van der Waals surface area contributed by atoms with E-state index >= 15 is 0 Å². The fourth-order valence-corrected chi connectivity index (χ4v) is 2.82. The highest BCUT2D eigenvalue weighted by Crippen LogP contribution is 2.28. The van der Waals surface area contributed by atoms with E-state index in [4.69, 9.17) is 0 Å². The van der Waals surface area contributed by atoms with Gasteiger partial charge in [-0.05, 0) is 36.9 Å². The number of hydrogen-bond acceptors (Lipinski definition) is 0. The fraction of sp³-hybridized carbons (Fsp3) is 0.167. The van der Waals surface area contributed by atoms with Gasteiger partial charge in [0.25, 0.3) is 0 Å². The van der Waals surface area contributed by atoms with Crippen molar-refractivity contribution in [3.8, 4) is 11.3 Å². The van der Waals surface area contributed by atoms with Gasteiger partial charge in [-0.3, -0.25) is 0 Å². The molecule has 0 radical (unpaired) electrons. The van der Waals surface area contributed by atoms with E-state index in [2.05, 4.69) is 80.2 Å². The second-order valence-electron chi connectivity index (χ2n) is 5.13. The lowest BCUT2D eigenvalue weighted by Gasteiger charge is -2.09. The minimum Gasteiger partial charge on any atom is -0.200 e. The first-order valence-corrected chi connectivity index (χ1v) is 6.62. The Morgan fingerprint density at radius 2 is 1.37 bits per heavy atom. The third kappa shape index (κ3) is 1.91. The van der Waals surface area contributed by atoms with E-state index < -0.39 is 0 Å². The number of hydrogen-bond donors (Lipinski definition) is 0. The first kappa shape index (κ1) is 11.9. The number of fused-ring (bicyclic) bond motifs is 1. The second kappa shape index (κ2) is 4.51. The highest BCUT2D eigenvalue weighted by atomic mass is 14.9. The van der Waals surface area contributed by atoms with E-state index in [1.165, 1.54) is 33.2 Å². The number of aromatic nitrogens is 1. The SMILES string of the molecule is Cc1ccccc1-c1c2ccccc2c(C)c[n+]1C. The van der Waals surface area contributed by atoms with Gasteiger partial charge in [0.1, 0.15) is 7.05 Å². The molecule has 0 unspecified atom stereocenters. The summed E-state index contributed by atoms with van der Waals surface area (Å²) in [6.07, 6.45) is 2.21. The van der Waals surface area contributed by atoms with E-state index in [0.29, 0.717) is 0 Å². The highest BCUT2D eigenvalue weighted by Gasteiger charge is 2.17. The molecule has 2 aromatic carbocycles. The van der Waals surface area contributed by atoms with Gasteiger partial charge < -0.3 is 0 Å². The maximum atomic E-state index is 2.24. The van der Waals surface area contributed by atoms with E-state index in [1.807, 2.05) is 0 Å². The van der Waals surface area contributed by atoms with Crippen molar-refractivity contribution in [2.75, 3.05) is 0 Å². The lowest BCUT2D eigenvalue weighted by molar-refractivity contribution is -0.659. The molecule has 1 heteroatoms. The third-order valence-corrected chi connectivity index (χ3v) is 3.75. The van der Waals surface area contributed by atoms with Gasteiger partial charge in [-0.2, -0.15) is 0 Å². The summed E-state index contributed by atoms with van der Waals surface area (Å²) in [6, 6.07) is 17.2. The Hall–Kier alpha value is -2.15. The second-order valence-corrected chi connectivity index (χ2v) is 5.13. The zero-order chi connectivity index (χ0) is 13.4. The molecule has 94 valence electrons. The first-order valence-electron chi connectivity index (χ1n) is 6.62. The van der Waals surface area contributed by atoms with Crippen molar-refractivity contribution in [2.45, 2.75) is 13.8 Å². The molecule has 1 aromatic heterocycles. The summed E-state index contributed by atoms with van der Waals surface area (Å²) in [5.74, 6) is 0. The lowest BCUT2D eigenvalue weighted by Crippen LogP contribution is -2.31. The molecule has 0 saturated carbocycles.